The Hall–Kier alpha value is -3.79. The summed E-state index contributed by atoms with van der Waals surface area (Å²) in [5, 5.41) is 11.9. The number of carbonyl (C=O) groups is 1. The van der Waals surface area contributed by atoms with Crippen LogP contribution in [0.2, 0.25) is 0 Å². The molecule has 0 fully saturated rings. The lowest BCUT2D eigenvalue weighted by molar-refractivity contribution is -0.135. The molecule has 154 valence electrons. The Balaban J connectivity index is 1.62. The standard InChI is InChI=1S/C27H24N2O2/c1-27(2)24(12-7-9-20-15-17-28-16-6-5-11-22(20)28)29(18-25(30)31)23-14-13-19-8-3-4-10-21(19)26(23)27/h3-17H,18H2,1-2H3,(H,30,31). The highest BCUT2D eigenvalue weighted by Crippen LogP contribution is 2.50. The van der Waals surface area contributed by atoms with Gasteiger partial charge < -0.3 is 14.4 Å². The maximum absolute atomic E-state index is 11.7. The van der Waals surface area contributed by atoms with E-state index in [4.69, 9.17) is 0 Å². The molecule has 0 bridgehead atoms. The second-order valence-electron chi connectivity index (χ2n) is 8.46. The molecule has 1 aliphatic rings. The number of aliphatic carboxylic acids is 1. The number of hydrogen-bond donors (Lipinski definition) is 1. The van der Waals surface area contributed by atoms with Gasteiger partial charge in [-0.15, -0.1) is 0 Å². The van der Waals surface area contributed by atoms with Crippen LogP contribution >= 0.6 is 0 Å². The highest BCUT2D eigenvalue weighted by molar-refractivity contribution is 5.96. The lowest BCUT2D eigenvalue weighted by atomic mass is 9.81. The number of rotatable bonds is 4. The van der Waals surface area contributed by atoms with Crippen LogP contribution < -0.4 is 4.90 Å². The Morgan fingerprint density at radius 3 is 2.65 bits per heavy atom. The molecule has 0 saturated carbocycles. The van der Waals surface area contributed by atoms with Crippen molar-refractivity contribution in [2.45, 2.75) is 19.3 Å². The molecule has 0 radical (unpaired) electrons. The summed E-state index contributed by atoms with van der Waals surface area (Å²) < 4.78 is 2.09. The number of carboxylic acids is 1. The Bertz CT molecular complexity index is 1370. The van der Waals surface area contributed by atoms with Gasteiger partial charge in [0.05, 0.1) is 5.52 Å². The van der Waals surface area contributed by atoms with E-state index >= 15 is 0 Å². The van der Waals surface area contributed by atoms with Crippen molar-refractivity contribution in [3.8, 4) is 0 Å². The van der Waals surface area contributed by atoms with Crippen molar-refractivity contribution in [3.05, 3.63) is 102 Å². The number of allylic oxidation sites excluding steroid dienone is 3. The SMILES string of the molecule is CC1(C)C(=CC=Cc2ccn3ccccc23)N(CC(=O)O)c2ccc3ccccc3c21. The molecule has 0 aliphatic carbocycles. The largest absolute Gasteiger partial charge is 0.480 e. The fourth-order valence-electron chi connectivity index (χ4n) is 4.80. The van der Waals surface area contributed by atoms with Gasteiger partial charge >= 0.3 is 5.97 Å². The molecular weight excluding hydrogens is 384 g/mol. The molecule has 0 amide bonds. The summed E-state index contributed by atoms with van der Waals surface area (Å²) in [6.45, 7) is 4.28. The molecule has 4 aromatic rings. The van der Waals surface area contributed by atoms with Crippen LogP contribution in [0.15, 0.2) is 90.9 Å². The van der Waals surface area contributed by atoms with Crippen LogP contribution in [0.3, 0.4) is 0 Å². The van der Waals surface area contributed by atoms with E-state index < -0.39 is 5.97 Å². The third kappa shape index (κ3) is 3.12. The van der Waals surface area contributed by atoms with E-state index in [1.54, 1.807) is 0 Å². The van der Waals surface area contributed by atoms with Crippen LogP contribution in [0.25, 0.3) is 22.4 Å². The first kappa shape index (κ1) is 19.2. The fraction of sp³-hybridized carbons (Fsp3) is 0.148. The minimum absolute atomic E-state index is 0.0659. The number of pyridine rings is 1. The summed E-state index contributed by atoms with van der Waals surface area (Å²) in [6, 6.07) is 20.6. The zero-order valence-electron chi connectivity index (χ0n) is 17.6. The second-order valence-corrected chi connectivity index (χ2v) is 8.46. The number of hydrogen-bond acceptors (Lipinski definition) is 2. The van der Waals surface area contributed by atoms with Crippen molar-refractivity contribution < 1.29 is 9.90 Å². The zero-order chi connectivity index (χ0) is 21.6. The normalized spacial score (nSPS) is 16.6. The van der Waals surface area contributed by atoms with Gasteiger partial charge in [0.25, 0.3) is 0 Å². The van der Waals surface area contributed by atoms with Gasteiger partial charge in [0, 0.05) is 29.2 Å². The molecule has 0 spiro atoms. The molecule has 1 aliphatic heterocycles. The first-order valence-electron chi connectivity index (χ1n) is 10.4. The third-order valence-corrected chi connectivity index (χ3v) is 6.18. The van der Waals surface area contributed by atoms with Gasteiger partial charge in [-0.05, 0) is 52.2 Å². The summed E-state index contributed by atoms with van der Waals surface area (Å²) in [5.41, 5.74) is 5.08. The lowest BCUT2D eigenvalue weighted by Crippen LogP contribution is -2.30. The minimum Gasteiger partial charge on any atom is -0.480 e. The molecule has 0 unspecified atom stereocenters. The summed E-state index contributed by atoms with van der Waals surface area (Å²) in [4.78, 5) is 13.6. The van der Waals surface area contributed by atoms with Crippen molar-refractivity contribution in [1.29, 1.82) is 0 Å². The number of carboxylic acid groups (broad SMARTS) is 1. The molecule has 4 nitrogen and oxygen atoms in total. The van der Waals surface area contributed by atoms with Gasteiger partial charge in [0.1, 0.15) is 6.54 Å². The fourth-order valence-corrected chi connectivity index (χ4v) is 4.80. The van der Waals surface area contributed by atoms with E-state index in [0.717, 1.165) is 22.5 Å². The van der Waals surface area contributed by atoms with Crippen LogP contribution in [0.1, 0.15) is 25.0 Å². The topological polar surface area (TPSA) is 45.0 Å². The lowest BCUT2D eigenvalue weighted by Gasteiger charge is -2.25. The van der Waals surface area contributed by atoms with E-state index in [-0.39, 0.29) is 12.0 Å². The molecule has 3 heterocycles. The van der Waals surface area contributed by atoms with Crippen LogP contribution in [0.5, 0.6) is 0 Å². The molecule has 5 rings (SSSR count). The number of benzene rings is 2. The van der Waals surface area contributed by atoms with Gasteiger partial charge in [-0.2, -0.15) is 0 Å². The highest BCUT2D eigenvalue weighted by atomic mass is 16.4. The Labute approximate surface area is 181 Å². The maximum Gasteiger partial charge on any atom is 0.323 e. The average molecular weight is 409 g/mol. The molecule has 4 heteroatoms. The molecule has 2 aromatic heterocycles. The average Bonchev–Trinajstić information content (AvgIpc) is 3.25. The summed E-state index contributed by atoms with van der Waals surface area (Å²) in [6.07, 6.45) is 10.2. The molecule has 2 aromatic carbocycles. The third-order valence-electron chi connectivity index (χ3n) is 6.18. The highest BCUT2D eigenvalue weighted by Gasteiger charge is 2.41. The van der Waals surface area contributed by atoms with E-state index in [2.05, 4.69) is 60.7 Å². The van der Waals surface area contributed by atoms with Crippen molar-refractivity contribution >= 4 is 34.0 Å². The summed E-state index contributed by atoms with van der Waals surface area (Å²) >= 11 is 0. The van der Waals surface area contributed by atoms with E-state index in [9.17, 15) is 9.90 Å². The van der Waals surface area contributed by atoms with E-state index in [1.165, 1.54) is 16.3 Å². The number of anilines is 1. The molecule has 1 N–H and O–H groups in total. The molecule has 0 atom stereocenters. The number of aromatic nitrogens is 1. The van der Waals surface area contributed by atoms with Crippen LogP contribution in [0, 0.1) is 0 Å². The Morgan fingerprint density at radius 1 is 1.00 bits per heavy atom. The van der Waals surface area contributed by atoms with E-state index in [0.29, 0.717) is 0 Å². The van der Waals surface area contributed by atoms with Gasteiger partial charge in [-0.1, -0.05) is 62.4 Å². The summed E-state index contributed by atoms with van der Waals surface area (Å²) in [7, 11) is 0. The predicted octanol–water partition coefficient (Wildman–Crippen LogP) is 5.87. The monoisotopic (exact) mass is 408 g/mol. The first-order chi connectivity index (χ1) is 15.0. The van der Waals surface area contributed by atoms with Crippen molar-refractivity contribution in [2.24, 2.45) is 0 Å². The quantitative estimate of drug-likeness (QED) is 0.459. The summed E-state index contributed by atoms with van der Waals surface area (Å²) in [5.74, 6) is -0.842. The van der Waals surface area contributed by atoms with Crippen LogP contribution in [-0.2, 0) is 10.2 Å². The maximum atomic E-state index is 11.7. The Kier molecular flexibility index (Phi) is 4.44. The minimum atomic E-state index is -0.842. The smallest absolute Gasteiger partial charge is 0.323 e. The van der Waals surface area contributed by atoms with Gasteiger partial charge in [0.15, 0.2) is 0 Å². The first-order valence-corrected chi connectivity index (χ1v) is 10.4. The molecule has 31 heavy (non-hydrogen) atoms. The van der Waals surface area contributed by atoms with E-state index in [1.807, 2.05) is 53.7 Å². The predicted molar refractivity (Wildman–Crippen MR) is 126 cm³/mol. The van der Waals surface area contributed by atoms with Crippen molar-refractivity contribution in [1.82, 2.24) is 4.40 Å². The molecular formula is C27H24N2O2. The zero-order valence-corrected chi connectivity index (χ0v) is 17.6. The van der Waals surface area contributed by atoms with Crippen molar-refractivity contribution in [2.75, 3.05) is 11.4 Å². The second kappa shape index (κ2) is 7.17. The van der Waals surface area contributed by atoms with Gasteiger partial charge in [0.2, 0.25) is 0 Å². The Morgan fingerprint density at radius 2 is 1.81 bits per heavy atom. The van der Waals surface area contributed by atoms with Gasteiger partial charge in [-0.25, -0.2) is 0 Å². The van der Waals surface area contributed by atoms with Crippen LogP contribution in [-0.4, -0.2) is 22.0 Å². The number of nitrogens with zero attached hydrogens (tertiary/aromatic N) is 2. The number of fused-ring (bicyclic) bond motifs is 4. The molecule has 0 saturated heterocycles. The van der Waals surface area contributed by atoms with Crippen LogP contribution in [0.4, 0.5) is 5.69 Å². The van der Waals surface area contributed by atoms with Gasteiger partial charge in [-0.3, -0.25) is 4.79 Å². The van der Waals surface area contributed by atoms with Crippen molar-refractivity contribution in [3.63, 3.8) is 0 Å².